The Balaban J connectivity index is 1.82. The molecule has 0 bridgehead atoms. The maximum absolute atomic E-state index is 14.0. The molecule has 0 aliphatic carbocycles. The quantitative estimate of drug-likeness (QED) is 0.201. The molecule has 0 aliphatic heterocycles. The number of thioether (sulfide) groups is 1. The number of benzene rings is 3. The van der Waals surface area contributed by atoms with Gasteiger partial charge in [0.05, 0.1) is 23.7 Å². The van der Waals surface area contributed by atoms with Crippen molar-refractivity contribution in [2.75, 3.05) is 12.9 Å². The third kappa shape index (κ3) is 3.91. The molecule has 5 rings (SSSR count). The summed E-state index contributed by atoms with van der Waals surface area (Å²) in [6.07, 6.45) is 0.881. The van der Waals surface area contributed by atoms with Crippen LogP contribution in [-0.2, 0) is 6.54 Å². The van der Waals surface area contributed by atoms with E-state index in [9.17, 15) is 9.59 Å². The average molecular weight is 487 g/mol. The van der Waals surface area contributed by atoms with Crippen molar-refractivity contribution in [3.63, 3.8) is 0 Å². The molecule has 0 unspecified atom stereocenters. The first kappa shape index (κ1) is 22.4. The molecule has 2 aromatic heterocycles. The molecule has 0 atom stereocenters. The van der Waals surface area contributed by atoms with Gasteiger partial charge in [0.1, 0.15) is 16.4 Å². The predicted molar refractivity (Wildman–Crippen MR) is 141 cm³/mol. The number of methoxy groups -OCH3 is 1. The first-order valence-corrected chi connectivity index (χ1v) is 12.7. The summed E-state index contributed by atoms with van der Waals surface area (Å²) in [5.74, 6) is 2.18. The van der Waals surface area contributed by atoms with E-state index >= 15 is 0 Å². The number of hydrogen-bond acceptors (Lipinski definition) is 6. The highest BCUT2D eigenvalue weighted by molar-refractivity contribution is 7.99. The van der Waals surface area contributed by atoms with Gasteiger partial charge in [0.2, 0.25) is 0 Å². The number of thiophene rings is 1. The summed E-state index contributed by atoms with van der Waals surface area (Å²) in [6, 6.07) is 21.2. The van der Waals surface area contributed by atoms with Gasteiger partial charge in [-0.15, -0.1) is 23.1 Å². The van der Waals surface area contributed by atoms with Crippen LogP contribution in [0.5, 0.6) is 5.75 Å². The number of nitrogens with zero attached hydrogens (tertiary/aromatic N) is 2. The van der Waals surface area contributed by atoms with Gasteiger partial charge in [-0.25, -0.2) is 4.98 Å². The number of hydrogen-bond donors (Lipinski definition) is 0. The lowest BCUT2D eigenvalue weighted by Gasteiger charge is -2.13. The van der Waals surface area contributed by atoms with Crippen LogP contribution in [0.1, 0.15) is 22.8 Å². The molecule has 0 amide bonds. The number of ether oxygens (including phenoxy) is 1. The Labute approximate surface area is 205 Å². The number of aromatic nitrogens is 2. The maximum atomic E-state index is 14.0. The zero-order valence-electron chi connectivity index (χ0n) is 18.8. The minimum atomic E-state index is -0.0859. The molecule has 2 heterocycles. The van der Waals surface area contributed by atoms with E-state index in [2.05, 4.69) is 6.92 Å². The zero-order chi connectivity index (χ0) is 23.7. The Morgan fingerprint density at radius 1 is 1.06 bits per heavy atom. The molecule has 0 radical (unpaired) electrons. The van der Waals surface area contributed by atoms with Crippen LogP contribution in [0, 0.1) is 0 Å². The van der Waals surface area contributed by atoms with Crippen molar-refractivity contribution in [3.8, 4) is 17.1 Å². The van der Waals surface area contributed by atoms with Gasteiger partial charge < -0.3 is 4.74 Å². The molecule has 7 heteroatoms. The molecule has 170 valence electrons. The van der Waals surface area contributed by atoms with Crippen molar-refractivity contribution >= 4 is 49.7 Å². The first-order valence-electron chi connectivity index (χ1n) is 10.9. The van der Waals surface area contributed by atoms with E-state index in [4.69, 9.17) is 9.72 Å². The van der Waals surface area contributed by atoms with Gasteiger partial charge in [0.15, 0.2) is 6.29 Å². The fourth-order valence-electron chi connectivity index (χ4n) is 4.07. The highest BCUT2D eigenvalue weighted by Crippen LogP contribution is 2.40. The van der Waals surface area contributed by atoms with Crippen LogP contribution in [0.3, 0.4) is 0 Å². The number of carbonyl (C=O) groups is 1. The molecule has 0 aliphatic rings. The number of aldehydes is 1. The number of carbonyl (C=O) groups excluding carboxylic acids is 1. The number of rotatable bonds is 7. The summed E-state index contributed by atoms with van der Waals surface area (Å²) in [5.41, 5.74) is 2.42. The highest BCUT2D eigenvalue weighted by atomic mass is 32.2. The van der Waals surface area contributed by atoms with Crippen molar-refractivity contribution in [2.45, 2.75) is 18.4 Å². The zero-order valence-corrected chi connectivity index (χ0v) is 20.4. The molecule has 0 saturated heterocycles. The SMILES string of the molecule is CCSc1c(C=O)ccc2c1sc1nc(-c3ccc(OC)cc3)n(Cc3ccccc3)c(=O)c12. The van der Waals surface area contributed by atoms with E-state index in [1.54, 1.807) is 29.5 Å². The minimum Gasteiger partial charge on any atom is -0.497 e. The summed E-state index contributed by atoms with van der Waals surface area (Å²) < 4.78 is 7.99. The molecule has 0 saturated carbocycles. The van der Waals surface area contributed by atoms with Gasteiger partial charge in [-0.3, -0.25) is 14.2 Å². The molecule has 0 N–H and O–H groups in total. The lowest BCUT2D eigenvalue weighted by atomic mass is 10.1. The van der Waals surface area contributed by atoms with Crippen LogP contribution in [0.4, 0.5) is 0 Å². The van der Waals surface area contributed by atoms with Crippen LogP contribution in [0.15, 0.2) is 76.4 Å². The van der Waals surface area contributed by atoms with Crippen LogP contribution < -0.4 is 10.3 Å². The van der Waals surface area contributed by atoms with Gasteiger partial charge in [0.25, 0.3) is 5.56 Å². The van der Waals surface area contributed by atoms with Crippen LogP contribution in [0.25, 0.3) is 31.7 Å². The summed E-state index contributed by atoms with van der Waals surface area (Å²) in [5, 5.41) is 1.45. The summed E-state index contributed by atoms with van der Waals surface area (Å²) in [6.45, 7) is 2.46. The molecule has 5 aromatic rings. The summed E-state index contributed by atoms with van der Waals surface area (Å²) in [4.78, 5) is 32.2. The van der Waals surface area contributed by atoms with E-state index in [0.29, 0.717) is 28.1 Å². The van der Waals surface area contributed by atoms with E-state index in [1.807, 2.05) is 60.7 Å². The van der Waals surface area contributed by atoms with Crippen molar-refractivity contribution in [3.05, 3.63) is 88.2 Å². The third-order valence-electron chi connectivity index (χ3n) is 5.69. The summed E-state index contributed by atoms with van der Waals surface area (Å²) >= 11 is 3.09. The monoisotopic (exact) mass is 486 g/mol. The highest BCUT2D eigenvalue weighted by Gasteiger charge is 2.20. The van der Waals surface area contributed by atoms with Crippen LogP contribution in [-0.4, -0.2) is 28.7 Å². The van der Waals surface area contributed by atoms with Gasteiger partial charge in [0, 0.05) is 21.4 Å². The lowest BCUT2D eigenvalue weighted by Crippen LogP contribution is -2.23. The van der Waals surface area contributed by atoms with Crippen molar-refractivity contribution in [1.82, 2.24) is 9.55 Å². The second-order valence-corrected chi connectivity index (χ2v) is 10.0. The summed E-state index contributed by atoms with van der Waals surface area (Å²) in [7, 11) is 1.63. The molecule has 5 nitrogen and oxygen atoms in total. The van der Waals surface area contributed by atoms with Gasteiger partial charge >= 0.3 is 0 Å². The molecule has 0 fully saturated rings. The van der Waals surface area contributed by atoms with Crippen LogP contribution >= 0.6 is 23.1 Å². The Kier molecular flexibility index (Phi) is 6.22. The Morgan fingerprint density at radius 2 is 1.82 bits per heavy atom. The molecule has 0 spiro atoms. The molecular formula is C27H22N2O3S2. The van der Waals surface area contributed by atoms with E-state index in [0.717, 1.165) is 43.9 Å². The van der Waals surface area contributed by atoms with Gasteiger partial charge in [-0.2, -0.15) is 0 Å². The largest absolute Gasteiger partial charge is 0.497 e. The van der Waals surface area contributed by atoms with Gasteiger partial charge in [-0.05, 0) is 41.6 Å². The van der Waals surface area contributed by atoms with Gasteiger partial charge in [-0.1, -0.05) is 43.3 Å². The fourth-order valence-corrected chi connectivity index (χ4v) is 6.30. The van der Waals surface area contributed by atoms with Crippen molar-refractivity contribution in [1.29, 1.82) is 0 Å². The standard InChI is InChI=1S/C27H22N2O3S2/c1-3-33-23-19(16-30)11-14-21-22-26(34-24(21)23)28-25(18-9-12-20(32-2)13-10-18)29(27(22)31)15-17-7-5-4-6-8-17/h4-14,16H,3,15H2,1-2H3. The minimum absolute atomic E-state index is 0.0859. The second-order valence-electron chi connectivity index (χ2n) is 7.73. The Morgan fingerprint density at radius 3 is 2.50 bits per heavy atom. The van der Waals surface area contributed by atoms with Crippen molar-refractivity contribution < 1.29 is 9.53 Å². The molecule has 34 heavy (non-hydrogen) atoms. The second kappa shape index (κ2) is 9.44. The Hall–Kier alpha value is -3.42. The maximum Gasteiger partial charge on any atom is 0.263 e. The van der Waals surface area contributed by atoms with E-state index in [1.165, 1.54) is 11.3 Å². The van der Waals surface area contributed by atoms with E-state index < -0.39 is 0 Å². The topological polar surface area (TPSA) is 61.2 Å². The smallest absolute Gasteiger partial charge is 0.263 e. The molecular weight excluding hydrogens is 464 g/mol. The normalized spacial score (nSPS) is 11.2. The van der Waals surface area contributed by atoms with Crippen molar-refractivity contribution in [2.24, 2.45) is 0 Å². The van der Waals surface area contributed by atoms with Crippen LogP contribution in [0.2, 0.25) is 0 Å². The number of fused-ring (bicyclic) bond motifs is 3. The third-order valence-corrected chi connectivity index (χ3v) is 7.96. The fraction of sp³-hybridized carbons (Fsp3) is 0.148. The van der Waals surface area contributed by atoms with E-state index in [-0.39, 0.29) is 5.56 Å². The average Bonchev–Trinajstić information content (AvgIpc) is 3.26. The molecule has 3 aromatic carbocycles. The Bertz CT molecular complexity index is 1560. The predicted octanol–water partition coefficient (Wildman–Crippen LogP) is 6.26. The first-order chi connectivity index (χ1) is 16.6. The lowest BCUT2D eigenvalue weighted by molar-refractivity contribution is 0.112.